The number of amides is 1. The molecule has 0 saturated carbocycles. The van der Waals surface area contributed by atoms with Crippen molar-refractivity contribution in [1.82, 2.24) is 4.90 Å². The summed E-state index contributed by atoms with van der Waals surface area (Å²) in [5.74, 6) is -0.438. The molecule has 1 aromatic rings. The van der Waals surface area contributed by atoms with Crippen LogP contribution < -0.4 is 4.74 Å². The molecule has 0 radical (unpaired) electrons. The van der Waals surface area contributed by atoms with E-state index in [2.05, 4.69) is 0 Å². The Hall–Kier alpha value is -2.09. The molecule has 2 rings (SSSR count). The smallest absolute Gasteiger partial charge is 0.342 e. The van der Waals surface area contributed by atoms with Gasteiger partial charge in [-0.25, -0.2) is 13.2 Å². The van der Waals surface area contributed by atoms with Crippen molar-refractivity contribution in [2.75, 3.05) is 31.8 Å². The van der Waals surface area contributed by atoms with Gasteiger partial charge >= 0.3 is 5.97 Å². The minimum Gasteiger partial charge on any atom is -0.496 e. The lowest BCUT2D eigenvalue weighted by Crippen LogP contribution is -2.45. The molecule has 1 heterocycles. The number of rotatable bonds is 7. The van der Waals surface area contributed by atoms with Gasteiger partial charge in [-0.15, -0.1) is 0 Å². The summed E-state index contributed by atoms with van der Waals surface area (Å²) in [5, 5.41) is 0. The highest BCUT2D eigenvalue weighted by Gasteiger charge is 2.35. The topological polar surface area (TPSA) is 90.0 Å². The third-order valence-electron chi connectivity index (χ3n) is 4.43. The van der Waals surface area contributed by atoms with Crippen molar-refractivity contribution in [1.29, 1.82) is 0 Å². The van der Waals surface area contributed by atoms with Gasteiger partial charge in [0, 0.05) is 12.6 Å². The maximum Gasteiger partial charge on any atom is 0.342 e. The van der Waals surface area contributed by atoms with Crippen LogP contribution in [0.2, 0.25) is 0 Å². The van der Waals surface area contributed by atoms with Crippen LogP contribution in [0.3, 0.4) is 0 Å². The number of esters is 1. The Labute approximate surface area is 160 Å². The molecule has 0 aromatic heterocycles. The maximum absolute atomic E-state index is 12.7. The molecule has 1 atom stereocenters. The van der Waals surface area contributed by atoms with Crippen molar-refractivity contribution in [3.63, 3.8) is 0 Å². The van der Waals surface area contributed by atoms with Gasteiger partial charge in [-0.1, -0.05) is 25.5 Å². The van der Waals surface area contributed by atoms with Gasteiger partial charge in [-0.05, 0) is 31.4 Å². The van der Waals surface area contributed by atoms with Crippen LogP contribution in [0.4, 0.5) is 0 Å². The molecule has 1 aliphatic heterocycles. The van der Waals surface area contributed by atoms with Gasteiger partial charge in [0.25, 0.3) is 5.91 Å². The number of benzene rings is 1. The van der Waals surface area contributed by atoms with Crippen molar-refractivity contribution in [3.8, 4) is 5.75 Å². The lowest BCUT2D eigenvalue weighted by atomic mass is 10.1. The molecule has 1 amide bonds. The Morgan fingerprint density at radius 3 is 2.56 bits per heavy atom. The van der Waals surface area contributed by atoms with Crippen molar-refractivity contribution in [2.24, 2.45) is 5.92 Å². The second-order valence-electron chi connectivity index (χ2n) is 7.28. The standard InChI is InChI=1S/C19H27NO6S/c1-13(2)10-20(15-7-8-27(23,24)12-15)18(21)11-26-19(22)16-9-14(3)5-6-17(16)25-4/h5-6,9,13,15H,7-8,10-12H2,1-4H3/t15-/m0/s1. The van der Waals surface area contributed by atoms with Crippen LogP contribution >= 0.6 is 0 Å². The highest BCUT2D eigenvalue weighted by atomic mass is 32.2. The highest BCUT2D eigenvalue weighted by Crippen LogP contribution is 2.22. The van der Waals surface area contributed by atoms with Gasteiger partial charge in [-0.3, -0.25) is 4.79 Å². The Morgan fingerprint density at radius 2 is 2.00 bits per heavy atom. The lowest BCUT2D eigenvalue weighted by molar-refractivity contribution is -0.137. The van der Waals surface area contributed by atoms with Gasteiger partial charge in [0.1, 0.15) is 11.3 Å². The van der Waals surface area contributed by atoms with Crippen LogP contribution in [0.5, 0.6) is 5.75 Å². The first kappa shape index (κ1) is 21.2. The first-order chi connectivity index (χ1) is 12.6. The number of methoxy groups -OCH3 is 1. The summed E-state index contributed by atoms with van der Waals surface area (Å²) in [4.78, 5) is 26.6. The second-order valence-corrected chi connectivity index (χ2v) is 9.51. The van der Waals surface area contributed by atoms with E-state index in [4.69, 9.17) is 9.47 Å². The molecular weight excluding hydrogens is 370 g/mol. The second kappa shape index (κ2) is 8.73. The fourth-order valence-corrected chi connectivity index (χ4v) is 4.87. The van der Waals surface area contributed by atoms with Gasteiger partial charge in [0.05, 0.1) is 18.6 Å². The predicted molar refractivity (Wildman–Crippen MR) is 102 cm³/mol. The molecule has 1 fully saturated rings. The predicted octanol–water partition coefficient (Wildman–Crippen LogP) is 1.83. The Morgan fingerprint density at radius 1 is 1.30 bits per heavy atom. The van der Waals surface area contributed by atoms with Gasteiger partial charge in [-0.2, -0.15) is 0 Å². The number of hydrogen-bond acceptors (Lipinski definition) is 6. The van der Waals surface area contributed by atoms with E-state index in [1.807, 2.05) is 26.8 Å². The van der Waals surface area contributed by atoms with Crippen LogP contribution in [-0.4, -0.2) is 63.0 Å². The summed E-state index contributed by atoms with van der Waals surface area (Å²) in [6, 6.07) is 4.76. The SMILES string of the molecule is COc1ccc(C)cc1C(=O)OCC(=O)N(CC(C)C)[C@H]1CCS(=O)(=O)C1. The van der Waals surface area contributed by atoms with Crippen molar-refractivity contribution >= 4 is 21.7 Å². The van der Waals surface area contributed by atoms with Gasteiger partial charge < -0.3 is 14.4 Å². The van der Waals surface area contributed by atoms with E-state index < -0.39 is 22.4 Å². The largest absolute Gasteiger partial charge is 0.496 e. The van der Waals surface area contributed by atoms with E-state index in [9.17, 15) is 18.0 Å². The first-order valence-corrected chi connectivity index (χ1v) is 10.8. The first-order valence-electron chi connectivity index (χ1n) is 8.94. The summed E-state index contributed by atoms with van der Waals surface area (Å²) < 4.78 is 33.9. The highest BCUT2D eigenvalue weighted by molar-refractivity contribution is 7.91. The molecule has 0 unspecified atom stereocenters. The molecule has 27 heavy (non-hydrogen) atoms. The fourth-order valence-electron chi connectivity index (χ4n) is 3.14. The molecule has 7 nitrogen and oxygen atoms in total. The van der Waals surface area contributed by atoms with E-state index in [0.29, 0.717) is 18.7 Å². The number of aryl methyl sites for hydroxylation is 1. The third kappa shape index (κ3) is 5.69. The van der Waals surface area contributed by atoms with Crippen LogP contribution in [-0.2, 0) is 19.4 Å². The van der Waals surface area contributed by atoms with E-state index in [1.54, 1.807) is 12.1 Å². The number of nitrogens with zero attached hydrogens (tertiary/aromatic N) is 1. The summed E-state index contributed by atoms with van der Waals surface area (Å²) in [7, 11) is -1.66. The van der Waals surface area contributed by atoms with E-state index in [1.165, 1.54) is 12.0 Å². The number of carbonyl (C=O) groups excluding carboxylic acids is 2. The third-order valence-corrected chi connectivity index (χ3v) is 6.18. The molecule has 0 aliphatic carbocycles. The van der Waals surface area contributed by atoms with E-state index in [-0.39, 0.29) is 34.9 Å². The molecule has 0 spiro atoms. The average molecular weight is 397 g/mol. The lowest BCUT2D eigenvalue weighted by Gasteiger charge is -2.29. The van der Waals surface area contributed by atoms with Crippen molar-refractivity contribution < 1.29 is 27.5 Å². The Balaban J connectivity index is 2.07. The summed E-state index contributed by atoms with van der Waals surface area (Å²) in [5.41, 5.74) is 1.12. The molecule has 1 aliphatic rings. The fraction of sp³-hybridized carbons (Fsp3) is 0.579. The summed E-state index contributed by atoms with van der Waals surface area (Å²) >= 11 is 0. The molecular formula is C19H27NO6S. The minimum absolute atomic E-state index is 0.0366. The maximum atomic E-state index is 12.7. The molecule has 1 saturated heterocycles. The monoisotopic (exact) mass is 397 g/mol. The van der Waals surface area contributed by atoms with Gasteiger partial charge in [0.2, 0.25) is 0 Å². The van der Waals surface area contributed by atoms with Gasteiger partial charge in [0.15, 0.2) is 16.4 Å². The van der Waals surface area contributed by atoms with Crippen LogP contribution in [0.1, 0.15) is 36.2 Å². The van der Waals surface area contributed by atoms with E-state index >= 15 is 0 Å². The number of sulfone groups is 1. The zero-order valence-corrected chi connectivity index (χ0v) is 17.0. The molecule has 1 aromatic carbocycles. The number of carbonyl (C=O) groups is 2. The van der Waals surface area contributed by atoms with Crippen LogP contribution in [0, 0.1) is 12.8 Å². The molecule has 0 N–H and O–H groups in total. The normalized spacial score (nSPS) is 18.3. The minimum atomic E-state index is -3.12. The van der Waals surface area contributed by atoms with Crippen molar-refractivity contribution in [2.45, 2.75) is 33.2 Å². The van der Waals surface area contributed by atoms with E-state index in [0.717, 1.165) is 5.56 Å². The molecule has 150 valence electrons. The molecule has 8 heteroatoms. The number of hydrogen-bond donors (Lipinski definition) is 0. The van der Waals surface area contributed by atoms with Crippen LogP contribution in [0.15, 0.2) is 18.2 Å². The number of ether oxygens (including phenoxy) is 2. The quantitative estimate of drug-likeness (QED) is 0.652. The zero-order valence-electron chi connectivity index (χ0n) is 16.2. The Kier molecular flexibility index (Phi) is 6.86. The summed E-state index contributed by atoms with van der Waals surface area (Å²) in [6.07, 6.45) is 0.417. The average Bonchev–Trinajstić information content (AvgIpc) is 2.96. The Bertz CT molecular complexity index is 802. The molecule has 0 bridgehead atoms. The summed E-state index contributed by atoms with van der Waals surface area (Å²) in [6.45, 7) is 5.73. The zero-order chi connectivity index (χ0) is 20.2. The van der Waals surface area contributed by atoms with Crippen LogP contribution in [0.25, 0.3) is 0 Å². The van der Waals surface area contributed by atoms with Crippen molar-refractivity contribution in [3.05, 3.63) is 29.3 Å².